The maximum absolute atomic E-state index is 12.8. The molecule has 2 aromatic carbocycles. The maximum atomic E-state index is 12.8. The number of ketones is 1. The van der Waals surface area contributed by atoms with E-state index in [-0.39, 0.29) is 5.78 Å². The number of fused-ring (bicyclic) bond motifs is 2. The number of nitrogens with one attached hydrogen (secondary N) is 1. The number of carbonyl (C=O) groups excluding carboxylic acids is 1. The quantitative estimate of drug-likeness (QED) is 0.167. The third-order valence-corrected chi connectivity index (χ3v) is 8.75. The van der Waals surface area contributed by atoms with Crippen LogP contribution < -0.4 is 10.2 Å². The Morgan fingerprint density at radius 2 is 1.78 bits per heavy atom. The van der Waals surface area contributed by atoms with Gasteiger partial charge in [0.05, 0.1) is 17.4 Å². The van der Waals surface area contributed by atoms with Crippen LogP contribution in [0.1, 0.15) is 56.2 Å². The van der Waals surface area contributed by atoms with E-state index in [1.54, 1.807) is 6.08 Å². The highest BCUT2D eigenvalue weighted by Gasteiger charge is 2.22. The predicted octanol–water partition coefficient (Wildman–Crippen LogP) is 6.54. The van der Waals surface area contributed by atoms with Crippen LogP contribution in [0.5, 0.6) is 0 Å². The number of carbonyl (C=O) groups is 1. The van der Waals surface area contributed by atoms with Gasteiger partial charge in [0.1, 0.15) is 0 Å². The summed E-state index contributed by atoms with van der Waals surface area (Å²) in [6.45, 7) is 9.83. The average molecular weight is 617 g/mol. The van der Waals surface area contributed by atoms with Crippen LogP contribution in [0.25, 0.3) is 27.8 Å². The highest BCUT2D eigenvalue weighted by Crippen LogP contribution is 2.29. The number of aromatic nitrogens is 5. The summed E-state index contributed by atoms with van der Waals surface area (Å²) >= 11 is 0. The zero-order chi connectivity index (χ0) is 32.2. The predicted molar refractivity (Wildman–Crippen MR) is 186 cm³/mol. The lowest BCUT2D eigenvalue weighted by molar-refractivity contribution is -0.114. The zero-order valence-electron chi connectivity index (χ0n) is 27.6. The third kappa shape index (κ3) is 6.94. The molecule has 1 N–H and O–H groups in total. The lowest BCUT2D eigenvalue weighted by Crippen LogP contribution is -2.34. The first-order valence-corrected chi connectivity index (χ1v) is 16.3. The van der Waals surface area contributed by atoms with Crippen LogP contribution in [0.2, 0.25) is 0 Å². The fraction of sp³-hybridized carbons (Fsp3) is 0.378. The Morgan fingerprint density at radius 1 is 1.00 bits per heavy atom. The van der Waals surface area contributed by atoms with Gasteiger partial charge in [0, 0.05) is 49.1 Å². The van der Waals surface area contributed by atoms with Crippen molar-refractivity contribution in [3.63, 3.8) is 0 Å². The van der Waals surface area contributed by atoms with E-state index in [0.29, 0.717) is 24.8 Å². The fourth-order valence-electron chi connectivity index (χ4n) is 6.00. The molecule has 1 aliphatic rings. The monoisotopic (exact) mass is 616 g/mol. The van der Waals surface area contributed by atoms with Crippen LogP contribution in [-0.2, 0) is 17.8 Å². The van der Waals surface area contributed by atoms with Crippen molar-refractivity contribution in [3.05, 3.63) is 89.6 Å². The van der Waals surface area contributed by atoms with Crippen LogP contribution in [-0.4, -0.2) is 69.0 Å². The second-order valence-electron chi connectivity index (χ2n) is 13.0. The molecule has 0 amide bonds. The van der Waals surface area contributed by atoms with Gasteiger partial charge >= 0.3 is 0 Å². The lowest BCUT2D eigenvalue weighted by atomic mass is 10.00. The summed E-state index contributed by atoms with van der Waals surface area (Å²) < 4.78 is 1.83. The van der Waals surface area contributed by atoms with Gasteiger partial charge < -0.3 is 15.1 Å². The molecule has 0 aliphatic carbocycles. The standard InChI is InChI=1S/C37H44N8O/c1-25(2)32-24-39-45-35(32)41-37(44-20-17-26(3)18-21-44)42-36(45)38-23-29-10-6-7-14-31(29)33-16-15-27-11-8-12-28(34(27)40-33)22-30(46)13-9-19-43(4)5/h6-16,24-26H,17-23H2,1-5H3,(H,38,41,42)/b13-9+. The van der Waals surface area contributed by atoms with Gasteiger partial charge in [-0.2, -0.15) is 19.6 Å². The van der Waals surface area contributed by atoms with Crippen molar-refractivity contribution in [3.8, 4) is 11.3 Å². The molecule has 6 rings (SSSR count). The topological polar surface area (TPSA) is 91.6 Å². The minimum Gasteiger partial charge on any atom is -0.350 e. The first-order valence-electron chi connectivity index (χ1n) is 16.3. The smallest absolute Gasteiger partial charge is 0.230 e. The van der Waals surface area contributed by atoms with E-state index in [4.69, 9.17) is 15.0 Å². The molecule has 46 heavy (non-hydrogen) atoms. The van der Waals surface area contributed by atoms with Crippen molar-refractivity contribution in [2.45, 2.75) is 52.5 Å². The van der Waals surface area contributed by atoms with E-state index in [0.717, 1.165) is 88.8 Å². The molecule has 0 spiro atoms. The Bertz CT molecular complexity index is 1870. The van der Waals surface area contributed by atoms with Gasteiger partial charge in [-0.3, -0.25) is 4.79 Å². The minimum absolute atomic E-state index is 0.0694. The summed E-state index contributed by atoms with van der Waals surface area (Å²) in [7, 11) is 3.97. The second-order valence-corrected chi connectivity index (χ2v) is 13.0. The van der Waals surface area contributed by atoms with Gasteiger partial charge in [0.2, 0.25) is 11.9 Å². The first kappa shape index (κ1) is 31.4. The number of hydrogen-bond acceptors (Lipinski definition) is 8. The number of anilines is 2. The fourth-order valence-corrected chi connectivity index (χ4v) is 6.00. The molecule has 9 heteroatoms. The zero-order valence-corrected chi connectivity index (χ0v) is 27.6. The SMILES string of the molecule is CC1CCN(c2nc(NCc3ccccc3-c3ccc4cccc(CC(=O)/C=C/CN(C)C)c4n3)n3ncc(C(C)C)c3n2)CC1. The van der Waals surface area contributed by atoms with Gasteiger partial charge in [-0.15, -0.1) is 0 Å². The molecule has 0 radical (unpaired) electrons. The normalized spacial score (nSPS) is 14.4. The molecular formula is C37H44N8O. The minimum atomic E-state index is 0.0694. The molecule has 1 saturated heterocycles. The van der Waals surface area contributed by atoms with Crippen LogP contribution in [0.4, 0.5) is 11.9 Å². The van der Waals surface area contributed by atoms with Crippen LogP contribution in [0, 0.1) is 5.92 Å². The van der Waals surface area contributed by atoms with Crippen LogP contribution in [0.3, 0.4) is 0 Å². The third-order valence-electron chi connectivity index (χ3n) is 8.75. The van der Waals surface area contributed by atoms with Crippen molar-refractivity contribution in [2.24, 2.45) is 5.92 Å². The summed E-state index contributed by atoms with van der Waals surface area (Å²) in [6.07, 6.45) is 8.09. The number of para-hydroxylation sites is 1. The first-order chi connectivity index (χ1) is 22.3. The Labute approximate surface area is 271 Å². The molecule has 0 atom stereocenters. The average Bonchev–Trinajstić information content (AvgIpc) is 3.49. The Balaban J connectivity index is 1.30. The van der Waals surface area contributed by atoms with E-state index < -0.39 is 0 Å². The highest BCUT2D eigenvalue weighted by atomic mass is 16.1. The molecule has 1 aliphatic heterocycles. The molecule has 1 fully saturated rings. The molecule has 5 aromatic rings. The second kappa shape index (κ2) is 13.8. The van der Waals surface area contributed by atoms with E-state index in [1.807, 2.05) is 66.1 Å². The van der Waals surface area contributed by atoms with Crippen molar-refractivity contribution in [2.75, 3.05) is 43.9 Å². The number of allylic oxidation sites excluding steroid dienone is 1. The van der Waals surface area contributed by atoms with Gasteiger partial charge in [-0.05, 0) is 62.0 Å². The molecule has 4 heterocycles. The van der Waals surface area contributed by atoms with Gasteiger partial charge in [-0.1, -0.05) is 75.4 Å². The number of nitrogens with zero attached hydrogens (tertiary/aromatic N) is 7. The van der Waals surface area contributed by atoms with E-state index in [1.165, 1.54) is 0 Å². The van der Waals surface area contributed by atoms with Crippen LogP contribution >= 0.6 is 0 Å². The van der Waals surface area contributed by atoms with E-state index >= 15 is 0 Å². The van der Waals surface area contributed by atoms with Gasteiger partial charge in [0.15, 0.2) is 11.4 Å². The molecule has 0 unspecified atom stereocenters. The molecule has 238 valence electrons. The van der Waals surface area contributed by atoms with Crippen molar-refractivity contribution in [1.82, 2.24) is 29.5 Å². The maximum Gasteiger partial charge on any atom is 0.230 e. The summed E-state index contributed by atoms with van der Waals surface area (Å²) in [4.78, 5) is 32.2. The van der Waals surface area contributed by atoms with Crippen molar-refractivity contribution >= 4 is 34.2 Å². The summed E-state index contributed by atoms with van der Waals surface area (Å²) in [5, 5.41) is 9.30. The molecule has 0 saturated carbocycles. The summed E-state index contributed by atoms with van der Waals surface area (Å²) in [5.74, 6) is 2.52. The molecule has 0 bridgehead atoms. The summed E-state index contributed by atoms with van der Waals surface area (Å²) in [5.41, 5.74) is 6.73. The van der Waals surface area contributed by atoms with Crippen molar-refractivity contribution < 1.29 is 4.79 Å². The number of rotatable bonds is 11. The highest BCUT2D eigenvalue weighted by molar-refractivity contribution is 5.95. The molecule has 3 aromatic heterocycles. The lowest BCUT2D eigenvalue weighted by Gasteiger charge is -2.30. The van der Waals surface area contributed by atoms with Crippen molar-refractivity contribution in [1.29, 1.82) is 0 Å². The van der Waals surface area contributed by atoms with Gasteiger partial charge in [-0.25, -0.2) is 4.98 Å². The Hall–Kier alpha value is -4.63. The largest absolute Gasteiger partial charge is 0.350 e. The molecular weight excluding hydrogens is 572 g/mol. The molecule has 9 nitrogen and oxygen atoms in total. The van der Waals surface area contributed by atoms with Gasteiger partial charge in [0.25, 0.3) is 0 Å². The summed E-state index contributed by atoms with van der Waals surface area (Å²) in [6, 6.07) is 18.5. The van der Waals surface area contributed by atoms with E-state index in [9.17, 15) is 4.79 Å². The van der Waals surface area contributed by atoms with E-state index in [2.05, 4.69) is 60.4 Å². The number of piperidine rings is 1. The number of benzene rings is 2. The Kier molecular flexibility index (Phi) is 9.40. The van der Waals surface area contributed by atoms with Crippen LogP contribution in [0.15, 0.2) is 72.9 Å². The number of likely N-dealkylation sites (N-methyl/N-ethyl adjacent to an activating group) is 1. The number of pyridine rings is 1. The number of hydrogen-bond donors (Lipinski definition) is 1. The Morgan fingerprint density at radius 3 is 2.57 bits per heavy atom.